The zero-order valence-corrected chi connectivity index (χ0v) is 12.9. The molecule has 0 amide bonds. The van der Waals surface area contributed by atoms with Crippen LogP contribution >= 0.6 is 0 Å². The molecule has 0 N–H and O–H groups in total. The molecule has 0 spiro atoms. The van der Waals surface area contributed by atoms with Gasteiger partial charge in [-0.2, -0.15) is 0 Å². The summed E-state index contributed by atoms with van der Waals surface area (Å²) in [4.78, 5) is 15.3. The number of carbonyl (C=O) groups excluding carboxylic acids is 1. The van der Waals surface area contributed by atoms with E-state index in [2.05, 4.69) is 43.0 Å². The summed E-state index contributed by atoms with van der Waals surface area (Å²) in [5.74, 6) is 0.461. The summed E-state index contributed by atoms with van der Waals surface area (Å²) in [7, 11) is 0. The van der Waals surface area contributed by atoms with E-state index in [9.17, 15) is 4.79 Å². The van der Waals surface area contributed by atoms with Gasteiger partial charge in [-0.05, 0) is 37.9 Å². The maximum absolute atomic E-state index is 12.9. The van der Waals surface area contributed by atoms with Gasteiger partial charge in [0.15, 0.2) is 5.78 Å². The smallest absolute Gasteiger partial charge is 0.153 e. The largest absolute Gasteiger partial charge is 0.298 e. The minimum absolute atomic E-state index is 0.154. The van der Waals surface area contributed by atoms with Gasteiger partial charge in [0.25, 0.3) is 0 Å². The lowest BCUT2D eigenvalue weighted by Gasteiger charge is -2.39. The summed E-state index contributed by atoms with van der Waals surface area (Å²) in [5.41, 5.74) is 1.12. The monoisotopic (exact) mass is 273 g/mol. The Hall–Kier alpha value is -1.15. The van der Waals surface area contributed by atoms with Crippen molar-refractivity contribution in [2.24, 2.45) is 0 Å². The maximum atomic E-state index is 12.9. The van der Waals surface area contributed by atoms with Crippen LogP contribution in [0.2, 0.25) is 0 Å². The third-order valence-corrected chi connectivity index (χ3v) is 4.80. The molecule has 2 rings (SSSR count). The van der Waals surface area contributed by atoms with Gasteiger partial charge in [0, 0.05) is 6.42 Å². The molecule has 0 radical (unpaired) electrons. The Bertz CT molecular complexity index is 416. The van der Waals surface area contributed by atoms with Gasteiger partial charge in [-0.25, -0.2) is 0 Å². The van der Waals surface area contributed by atoms with Crippen LogP contribution in [0.15, 0.2) is 30.3 Å². The summed E-state index contributed by atoms with van der Waals surface area (Å²) in [6.07, 6.45) is 6.08. The van der Waals surface area contributed by atoms with Crippen molar-refractivity contribution in [2.75, 3.05) is 13.1 Å². The summed E-state index contributed by atoms with van der Waals surface area (Å²) in [6.45, 7) is 6.31. The molecule has 1 aromatic carbocycles. The van der Waals surface area contributed by atoms with E-state index < -0.39 is 0 Å². The van der Waals surface area contributed by atoms with Crippen molar-refractivity contribution in [3.63, 3.8) is 0 Å². The lowest BCUT2D eigenvalue weighted by molar-refractivity contribution is -0.131. The van der Waals surface area contributed by atoms with Crippen LogP contribution < -0.4 is 0 Å². The summed E-state index contributed by atoms with van der Waals surface area (Å²) in [6, 6.07) is 10.4. The predicted molar refractivity (Wildman–Crippen MR) is 83.9 cm³/mol. The number of likely N-dealkylation sites (N-methyl/N-ethyl adjacent to an activating group) is 1. The molecule has 0 heterocycles. The Morgan fingerprint density at radius 3 is 2.25 bits per heavy atom. The molecule has 1 aliphatic carbocycles. The highest BCUT2D eigenvalue weighted by molar-refractivity contribution is 5.89. The molecule has 0 bridgehead atoms. The van der Waals surface area contributed by atoms with Gasteiger partial charge < -0.3 is 0 Å². The molecular weight excluding hydrogens is 246 g/mol. The van der Waals surface area contributed by atoms with Gasteiger partial charge >= 0.3 is 0 Å². The first-order valence-corrected chi connectivity index (χ1v) is 8.05. The third-order valence-electron chi connectivity index (χ3n) is 4.80. The summed E-state index contributed by atoms with van der Waals surface area (Å²) in [5, 5.41) is 0. The lowest BCUT2D eigenvalue weighted by Crippen LogP contribution is -2.52. The van der Waals surface area contributed by atoms with E-state index in [-0.39, 0.29) is 5.54 Å². The Kier molecular flexibility index (Phi) is 5.36. The van der Waals surface area contributed by atoms with Crippen molar-refractivity contribution >= 4 is 5.78 Å². The SMILES string of the molecule is CCN(CC)C1(C(=O)CCc2ccccc2)CCCC1. The lowest BCUT2D eigenvalue weighted by atomic mass is 9.86. The van der Waals surface area contributed by atoms with Crippen LogP contribution in [-0.2, 0) is 11.2 Å². The Balaban J connectivity index is 2.04. The number of hydrogen-bond donors (Lipinski definition) is 0. The van der Waals surface area contributed by atoms with Crippen molar-refractivity contribution in [2.45, 2.75) is 57.9 Å². The van der Waals surface area contributed by atoms with E-state index in [0.29, 0.717) is 12.2 Å². The number of aryl methyl sites for hydroxylation is 1. The second kappa shape index (κ2) is 7.03. The summed E-state index contributed by atoms with van der Waals surface area (Å²) >= 11 is 0. The first-order chi connectivity index (χ1) is 9.73. The molecule has 1 aliphatic rings. The van der Waals surface area contributed by atoms with Crippen LogP contribution in [0.1, 0.15) is 51.5 Å². The highest BCUT2D eigenvalue weighted by atomic mass is 16.1. The van der Waals surface area contributed by atoms with Crippen LogP contribution in [0.3, 0.4) is 0 Å². The number of Topliss-reactive ketones (excluding diaryl/α,β-unsaturated/α-hetero) is 1. The quantitative estimate of drug-likeness (QED) is 0.752. The van der Waals surface area contributed by atoms with Crippen molar-refractivity contribution < 1.29 is 4.79 Å². The van der Waals surface area contributed by atoms with Gasteiger partial charge in [-0.3, -0.25) is 9.69 Å². The molecule has 1 saturated carbocycles. The van der Waals surface area contributed by atoms with Gasteiger partial charge in [-0.1, -0.05) is 57.0 Å². The molecule has 0 saturated heterocycles. The normalized spacial score (nSPS) is 17.6. The Labute approximate surface area is 123 Å². The minimum atomic E-state index is -0.154. The average Bonchev–Trinajstić information content (AvgIpc) is 2.98. The van der Waals surface area contributed by atoms with Crippen LogP contribution in [0, 0.1) is 0 Å². The highest BCUT2D eigenvalue weighted by Crippen LogP contribution is 2.37. The van der Waals surface area contributed by atoms with Crippen LogP contribution in [-0.4, -0.2) is 29.3 Å². The van der Waals surface area contributed by atoms with Crippen LogP contribution in [0.5, 0.6) is 0 Å². The van der Waals surface area contributed by atoms with Gasteiger partial charge in [0.1, 0.15) is 0 Å². The fourth-order valence-electron chi connectivity index (χ4n) is 3.70. The molecular formula is C18H27NO. The minimum Gasteiger partial charge on any atom is -0.298 e. The highest BCUT2D eigenvalue weighted by Gasteiger charge is 2.43. The summed E-state index contributed by atoms with van der Waals surface area (Å²) < 4.78 is 0. The van der Waals surface area contributed by atoms with E-state index in [1.807, 2.05) is 6.07 Å². The molecule has 0 unspecified atom stereocenters. The molecule has 0 aromatic heterocycles. The molecule has 1 aromatic rings. The van der Waals surface area contributed by atoms with Gasteiger partial charge in [0.05, 0.1) is 5.54 Å². The number of rotatable bonds is 7. The van der Waals surface area contributed by atoms with E-state index in [4.69, 9.17) is 0 Å². The van der Waals surface area contributed by atoms with Crippen molar-refractivity contribution in [1.29, 1.82) is 0 Å². The Morgan fingerprint density at radius 2 is 1.70 bits per heavy atom. The second-order valence-corrected chi connectivity index (χ2v) is 5.82. The predicted octanol–water partition coefficient (Wildman–Crippen LogP) is 3.84. The van der Waals surface area contributed by atoms with E-state index in [0.717, 1.165) is 32.4 Å². The van der Waals surface area contributed by atoms with E-state index in [1.165, 1.54) is 18.4 Å². The molecule has 2 heteroatoms. The Morgan fingerprint density at radius 1 is 1.10 bits per heavy atom. The topological polar surface area (TPSA) is 20.3 Å². The number of ketones is 1. The number of benzene rings is 1. The average molecular weight is 273 g/mol. The van der Waals surface area contributed by atoms with E-state index in [1.54, 1.807) is 0 Å². The standard InChI is InChI=1S/C18H27NO/c1-3-19(4-2)18(14-8-9-15-18)17(20)13-12-16-10-6-5-7-11-16/h5-7,10-11H,3-4,8-9,12-15H2,1-2H3. The zero-order chi connectivity index (χ0) is 14.4. The number of nitrogens with zero attached hydrogens (tertiary/aromatic N) is 1. The van der Waals surface area contributed by atoms with Crippen molar-refractivity contribution in [3.05, 3.63) is 35.9 Å². The van der Waals surface area contributed by atoms with Crippen molar-refractivity contribution in [1.82, 2.24) is 4.90 Å². The molecule has 2 nitrogen and oxygen atoms in total. The molecule has 0 aliphatic heterocycles. The third kappa shape index (κ3) is 3.12. The molecule has 20 heavy (non-hydrogen) atoms. The molecule has 1 fully saturated rings. The fraction of sp³-hybridized carbons (Fsp3) is 0.611. The first-order valence-electron chi connectivity index (χ1n) is 8.05. The maximum Gasteiger partial charge on any atom is 0.153 e. The molecule has 0 atom stereocenters. The number of hydrogen-bond acceptors (Lipinski definition) is 2. The zero-order valence-electron chi connectivity index (χ0n) is 12.9. The van der Waals surface area contributed by atoms with E-state index >= 15 is 0 Å². The molecule has 110 valence electrons. The first kappa shape index (κ1) is 15.2. The van der Waals surface area contributed by atoms with Crippen LogP contribution in [0.25, 0.3) is 0 Å². The fourth-order valence-corrected chi connectivity index (χ4v) is 3.70. The van der Waals surface area contributed by atoms with Crippen molar-refractivity contribution in [3.8, 4) is 0 Å². The number of carbonyl (C=O) groups is 1. The van der Waals surface area contributed by atoms with Gasteiger partial charge in [0.2, 0.25) is 0 Å². The second-order valence-electron chi connectivity index (χ2n) is 5.82. The van der Waals surface area contributed by atoms with Crippen LogP contribution in [0.4, 0.5) is 0 Å². The van der Waals surface area contributed by atoms with Gasteiger partial charge in [-0.15, -0.1) is 0 Å².